The van der Waals surface area contributed by atoms with Gasteiger partial charge in [-0.2, -0.15) is 5.10 Å². The molecule has 0 amide bonds. The number of aromatic nitrogens is 2. The summed E-state index contributed by atoms with van der Waals surface area (Å²) in [5.74, 6) is 0.560. The predicted molar refractivity (Wildman–Crippen MR) is 78.1 cm³/mol. The van der Waals surface area contributed by atoms with Crippen LogP contribution in [0.15, 0.2) is 0 Å². The molecule has 2 rings (SSSR count). The predicted octanol–water partition coefficient (Wildman–Crippen LogP) is 2.02. The molecule has 7 heteroatoms. The zero-order valence-corrected chi connectivity index (χ0v) is 12.4. The Kier molecular flexibility index (Phi) is 4.59. The number of rotatable bonds is 5. The van der Waals surface area contributed by atoms with Crippen molar-refractivity contribution in [3.05, 3.63) is 15.8 Å². The highest BCUT2D eigenvalue weighted by molar-refractivity contribution is 5.60. The second kappa shape index (κ2) is 6.21. The highest BCUT2D eigenvalue weighted by Crippen LogP contribution is 2.30. The van der Waals surface area contributed by atoms with Gasteiger partial charge in [-0.1, -0.05) is 6.92 Å². The van der Waals surface area contributed by atoms with Crippen LogP contribution in [0.25, 0.3) is 0 Å². The molecule has 0 radical (unpaired) electrons. The van der Waals surface area contributed by atoms with Crippen LogP contribution >= 0.6 is 0 Å². The van der Waals surface area contributed by atoms with E-state index in [0.29, 0.717) is 18.1 Å². The number of likely N-dealkylation sites (tertiary alicyclic amines) is 1. The summed E-state index contributed by atoms with van der Waals surface area (Å²) in [6.07, 6.45) is 2.03. The molecule has 0 aliphatic carbocycles. The fourth-order valence-corrected chi connectivity index (χ4v) is 2.75. The third-order valence-electron chi connectivity index (χ3n) is 3.95. The Morgan fingerprint density at radius 1 is 1.35 bits per heavy atom. The summed E-state index contributed by atoms with van der Waals surface area (Å²) < 4.78 is 1.69. The zero-order chi connectivity index (χ0) is 14.7. The minimum absolute atomic E-state index is 0.116. The number of anilines is 1. The summed E-state index contributed by atoms with van der Waals surface area (Å²) in [6.45, 7) is 9.58. The largest absolute Gasteiger partial charge is 0.362 e. The first-order valence-electron chi connectivity index (χ1n) is 7.27. The number of hydrogen-bond acceptors (Lipinski definition) is 5. The lowest BCUT2D eigenvalue weighted by Gasteiger charge is -2.31. The minimum Gasteiger partial charge on any atom is -0.362 e. The Labute approximate surface area is 119 Å². The van der Waals surface area contributed by atoms with Crippen molar-refractivity contribution in [1.29, 1.82) is 0 Å². The first-order chi connectivity index (χ1) is 9.56. The van der Waals surface area contributed by atoms with E-state index in [1.54, 1.807) is 11.6 Å². The molecule has 0 aromatic carbocycles. The standard InChI is InChI=1S/C13H23N5O2/c1-4-16-8-6-11(7-9-16)14-13-12(18(19)20)10(3)15-17(13)5-2/h11,14H,4-9H2,1-3H3. The van der Waals surface area contributed by atoms with E-state index in [1.807, 2.05) is 6.92 Å². The number of nitro groups is 1. The molecule has 112 valence electrons. The summed E-state index contributed by atoms with van der Waals surface area (Å²) >= 11 is 0. The summed E-state index contributed by atoms with van der Waals surface area (Å²) in [7, 11) is 0. The molecule has 1 fully saturated rings. The molecule has 0 unspecified atom stereocenters. The van der Waals surface area contributed by atoms with Crippen molar-refractivity contribution in [2.24, 2.45) is 0 Å². The number of aryl methyl sites for hydroxylation is 2. The van der Waals surface area contributed by atoms with Crippen molar-refractivity contribution in [3.63, 3.8) is 0 Å². The smallest absolute Gasteiger partial charge is 0.333 e. The summed E-state index contributed by atoms with van der Waals surface area (Å²) in [6, 6.07) is 0.290. The van der Waals surface area contributed by atoms with Crippen LogP contribution in [0.5, 0.6) is 0 Å². The topological polar surface area (TPSA) is 76.2 Å². The van der Waals surface area contributed by atoms with Crippen molar-refractivity contribution in [2.45, 2.75) is 46.2 Å². The first kappa shape index (κ1) is 14.8. The third-order valence-corrected chi connectivity index (χ3v) is 3.95. The van der Waals surface area contributed by atoms with Crippen LogP contribution < -0.4 is 5.32 Å². The minimum atomic E-state index is -0.335. The van der Waals surface area contributed by atoms with Crippen LogP contribution in [0.3, 0.4) is 0 Å². The van der Waals surface area contributed by atoms with Gasteiger partial charge in [-0.15, -0.1) is 0 Å². The Hall–Kier alpha value is -1.63. The van der Waals surface area contributed by atoms with Crippen LogP contribution in [-0.4, -0.2) is 45.3 Å². The average molecular weight is 281 g/mol. The molecule has 0 bridgehead atoms. The Bertz CT molecular complexity index is 477. The summed E-state index contributed by atoms with van der Waals surface area (Å²) in [5.41, 5.74) is 0.593. The van der Waals surface area contributed by atoms with Crippen molar-refractivity contribution in [2.75, 3.05) is 25.0 Å². The molecule has 1 aliphatic heterocycles. The molecule has 1 aromatic heterocycles. The lowest BCUT2D eigenvalue weighted by molar-refractivity contribution is -0.384. The second-order valence-corrected chi connectivity index (χ2v) is 5.21. The number of hydrogen-bond donors (Lipinski definition) is 1. The SMILES string of the molecule is CCN1CCC(Nc2c([N+](=O)[O-])c(C)nn2CC)CC1. The van der Waals surface area contributed by atoms with E-state index in [0.717, 1.165) is 32.5 Å². The maximum atomic E-state index is 11.2. The van der Waals surface area contributed by atoms with Gasteiger partial charge in [0.15, 0.2) is 0 Å². The molecule has 2 heterocycles. The van der Waals surface area contributed by atoms with Crippen molar-refractivity contribution in [1.82, 2.24) is 14.7 Å². The van der Waals surface area contributed by atoms with Crippen LogP contribution in [0.1, 0.15) is 32.4 Å². The molecule has 1 N–H and O–H groups in total. The van der Waals surface area contributed by atoms with Gasteiger partial charge in [0.2, 0.25) is 5.82 Å². The van der Waals surface area contributed by atoms with Gasteiger partial charge in [0, 0.05) is 25.7 Å². The molecule has 0 saturated carbocycles. The molecule has 1 saturated heterocycles. The van der Waals surface area contributed by atoms with Gasteiger partial charge < -0.3 is 10.2 Å². The second-order valence-electron chi connectivity index (χ2n) is 5.21. The van der Waals surface area contributed by atoms with Gasteiger partial charge in [-0.3, -0.25) is 10.1 Å². The van der Waals surface area contributed by atoms with Crippen molar-refractivity contribution in [3.8, 4) is 0 Å². The van der Waals surface area contributed by atoms with Gasteiger partial charge in [0.25, 0.3) is 0 Å². The molecule has 1 aromatic rings. The van der Waals surface area contributed by atoms with Gasteiger partial charge in [-0.25, -0.2) is 4.68 Å². The normalized spacial score (nSPS) is 17.4. The van der Waals surface area contributed by atoms with Gasteiger partial charge in [0.1, 0.15) is 5.69 Å². The molecule has 0 spiro atoms. The van der Waals surface area contributed by atoms with Gasteiger partial charge in [0.05, 0.1) is 4.92 Å². The lowest BCUT2D eigenvalue weighted by Crippen LogP contribution is -2.39. The van der Waals surface area contributed by atoms with E-state index in [9.17, 15) is 10.1 Å². The third kappa shape index (κ3) is 2.92. The van der Waals surface area contributed by atoms with E-state index in [1.165, 1.54) is 0 Å². The maximum Gasteiger partial charge on any atom is 0.333 e. The van der Waals surface area contributed by atoms with Crippen LogP contribution in [0.4, 0.5) is 11.5 Å². The lowest BCUT2D eigenvalue weighted by atomic mass is 10.1. The van der Waals surface area contributed by atoms with Crippen LogP contribution in [0, 0.1) is 17.0 Å². The molecule has 20 heavy (non-hydrogen) atoms. The monoisotopic (exact) mass is 281 g/mol. The van der Waals surface area contributed by atoms with Gasteiger partial charge in [-0.05, 0) is 33.2 Å². The highest BCUT2D eigenvalue weighted by Gasteiger charge is 2.27. The number of nitrogens with one attached hydrogen (secondary N) is 1. The van der Waals surface area contributed by atoms with Crippen LogP contribution in [-0.2, 0) is 6.54 Å². The Balaban J connectivity index is 2.14. The number of piperidine rings is 1. The molecular weight excluding hydrogens is 258 g/mol. The van der Waals surface area contributed by atoms with Crippen molar-refractivity contribution < 1.29 is 4.92 Å². The first-order valence-corrected chi connectivity index (χ1v) is 7.27. The van der Waals surface area contributed by atoms with E-state index in [2.05, 4.69) is 22.2 Å². The molecule has 1 aliphatic rings. The molecule has 0 atom stereocenters. The summed E-state index contributed by atoms with van der Waals surface area (Å²) in [5, 5.41) is 18.8. The fourth-order valence-electron chi connectivity index (χ4n) is 2.75. The quantitative estimate of drug-likeness (QED) is 0.660. The highest BCUT2D eigenvalue weighted by atomic mass is 16.6. The van der Waals surface area contributed by atoms with Crippen LogP contribution in [0.2, 0.25) is 0 Å². The average Bonchev–Trinajstić information content (AvgIpc) is 2.75. The fraction of sp³-hybridized carbons (Fsp3) is 0.769. The molecular formula is C13H23N5O2. The maximum absolute atomic E-state index is 11.2. The van der Waals surface area contributed by atoms with E-state index in [4.69, 9.17) is 0 Å². The van der Waals surface area contributed by atoms with E-state index < -0.39 is 0 Å². The molecule has 7 nitrogen and oxygen atoms in total. The summed E-state index contributed by atoms with van der Waals surface area (Å²) in [4.78, 5) is 13.3. The zero-order valence-electron chi connectivity index (χ0n) is 12.4. The van der Waals surface area contributed by atoms with Gasteiger partial charge >= 0.3 is 5.69 Å². The number of nitrogens with zero attached hydrogens (tertiary/aromatic N) is 4. The Morgan fingerprint density at radius 3 is 2.50 bits per heavy atom. The van der Waals surface area contributed by atoms with E-state index in [-0.39, 0.29) is 16.7 Å². The Morgan fingerprint density at radius 2 is 2.00 bits per heavy atom. The van der Waals surface area contributed by atoms with E-state index >= 15 is 0 Å². The van der Waals surface area contributed by atoms with Crippen molar-refractivity contribution >= 4 is 11.5 Å².